The Bertz CT molecular complexity index is 696. The summed E-state index contributed by atoms with van der Waals surface area (Å²) in [5.41, 5.74) is 0.276. The van der Waals surface area contributed by atoms with Crippen LogP contribution in [0.15, 0.2) is 23.1 Å². The van der Waals surface area contributed by atoms with E-state index in [2.05, 4.69) is 5.32 Å². The molecule has 0 spiro atoms. The van der Waals surface area contributed by atoms with Crippen molar-refractivity contribution in [2.24, 2.45) is 0 Å². The first-order valence-corrected chi connectivity index (χ1v) is 7.69. The molecule has 6 nitrogen and oxygen atoms in total. The van der Waals surface area contributed by atoms with Crippen LogP contribution in [-0.4, -0.2) is 37.8 Å². The molecule has 0 aromatic heterocycles. The van der Waals surface area contributed by atoms with Crippen LogP contribution in [0.25, 0.3) is 0 Å². The lowest BCUT2D eigenvalue weighted by atomic mass is 10.2. The van der Waals surface area contributed by atoms with Crippen molar-refractivity contribution in [1.29, 1.82) is 5.26 Å². The molecule has 1 aromatic carbocycles. The van der Waals surface area contributed by atoms with Crippen LogP contribution in [0.5, 0.6) is 0 Å². The Balaban J connectivity index is 2.45. The highest BCUT2D eigenvalue weighted by molar-refractivity contribution is 7.89. The fourth-order valence-corrected chi connectivity index (χ4v) is 4.11. The van der Waals surface area contributed by atoms with E-state index in [1.165, 1.54) is 25.1 Å². The van der Waals surface area contributed by atoms with Crippen molar-refractivity contribution in [1.82, 2.24) is 9.62 Å². The zero-order chi connectivity index (χ0) is 14.9. The third kappa shape index (κ3) is 2.50. The van der Waals surface area contributed by atoms with Crippen molar-refractivity contribution in [2.75, 3.05) is 13.1 Å². The van der Waals surface area contributed by atoms with Gasteiger partial charge in [-0.25, -0.2) is 8.42 Å². The standard InChI is InChI=1S/C12H12ClN3O3S/c1-8-12(17)15-4-5-16(8)20(18,19)11-3-2-9(7-14)6-10(11)13/h2-3,6,8H,4-5H2,1H3,(H,15,17). The fraction of sp³-hybridized carbons (Fsp3) is 0.333. The van der Waals surface area contributed by atoms with Crippen LogP contribution < -0.4 is 5.32 Å². The average Bonchev–Trinajstić information content (AvgIpc) is 2.41. The van der Waals surface area contributed by atoms with Crippen molar-refractivity contribution in [2.45, 2.75) is 17.9 Å². The van der Waals surface area contributed by atoms with Gasteiger partial charge in [-0.15, -0.1) is 0 Å². The maximum Gasteiger partial charge on any atom is 0.245 e. The van der Waals surface area contributed by atoms with Gasteiger partial charge in [0.05, 0.1) is 16.7 Å². The minimum atomic E-state index is -3.87. The molecule has 1 aromatic rings. The van der Waals surface area contributed by atoms with E-state index in [1.54, 1.807) is 0 Å². The number of nitrogens with zero attached hydrogens (tertiary/aromatic N) is 2. The topological polar surface area (TPSA) is 90.3 Å². The molecule has 8 heteroatoms. The number of hydrogen-bond donors (Lipinski definition) is 1. The second kappa shape index (κ2) is 5.40. The molecular weight excluding hydrogens is 302 g/mol. The second-order valence-electron chi connectivity index (χ2n) is 4.34. The minimum absolute atomic E-state index is 0.0257. The molecule has 1 heterocycles. The number of hydrogen-bond acceptors (Lipinski definition) is 4. The second-order valence-corrected chi connectivity index (χ2v) is 6.61. The van der Waals surface area contributed by atoms with E-state index >= 15 is 0 Å². The third-order valence-electron chi connectivity index (χ3n) is 3.09. The highest BCUT2D eigenvalue weighted by atomic mass is 35.5. The van der Waals surface area contributed by atoms with Crippen LogP contribution in [-0.2, 0) is 14.8 Å². The van der Waals surface area contributed by atoms with Crippen LogP contribution in [0.1, 0.15) is 12.5 Å². The number of sulfonamides is 1. The monoisotopic (exact) mass is 313 g/mol. The molecule has 1 amide bonds. The highest BCUT2D eigenvalue weighted by Crippen LogP contribution is 2.27. The van der Waals surface area contributed by atoms with Gasteiger partial charge in [-0.1, -0.05) is 11.6 Å². The molecule has 106 valence electrons. The van der Waals surface area contributed by atoms with Gasteiger partial charge in [-0.3, -0.25) is 4.79 Å². The maximum atomic E-state index is 12.5. The Hall–Kier alpha value is -1.62. The number of carbonyl (C=O) groups is 1. The normalized spacial score (nSPS) is 20.2. The van der Waals surface area contributed by atoms with Crippen LogP contribution in [0.2, 0.25) is 5.02 Å². The highest BCUT2D eigenvalue weighted by Gasteiger charge is 2.36. The molecule has 1 unspecified atom stereocenters. The quantitative estimate of drug-likeness (QED) is 0.871. The molecule has 1 fully saturated rings. The van der Waals surface area contributed by atoms with Crippen LogP contribution in [0.3, 0.4) is 0 Å². The molecule has 1 aliphatic heterocycles. The Morgan fingerprint density at radius 1 is 1.50 bits per heavy atom. The molecule has 2 rings (SSSR count). The number of benzene rings is 1. The summed E-state index contributed by atoms with van der Waals surface area (Å²) in [6.45, 7) is 1.96. The van der Waals surface area contributed by atoms with Gasteiger partial charge in [-0.2, -0.15) is 9.57 Å². The number of nitrogens with one attached hydrogen (secondary N) is 1. The van der Waals surface area contributed by atoms with Gasteiger partial charge < -0.3 is 5.32 Å². The summed E-state index contributed by atoms with van der Waals surface area (Å²) >= 11 is 5.94. The minimum Gasteiger partial charge on any atom is -0.353 e. The Morgan fingerprint density at radius 2 is 2.20 bits per heavy atom. The van der Waals surface area contributed by atoms with E-state index in [1.807, 2.05) is 6.07 Å². The predicted molar refractivity (Wildman–Crippen MR) is 72.5 cm³/mol. The first kappa shape index (κ1) is 14.8. The maximum absolute atomic E-state index is 12.5. The summed E-state index contributed by atoms with van der Waals surface area (Å²) in [5, 5.41) is 11.3. The molecule has 1 atom stereocenters. The van der Waals surface area contributed by atoms with Gasteiger partial charge in [0, 0.05) is 13.1 Å². The van der Waals surface area contributed by atoms with E-state index < -0.39 is 16.1 Å². The SMILES string of the molecule is CC1C(=O)NCCN1S(=O)(=O)c1ccc(C#N)cc1Cl. The molecule has 1 aliphatic rings. The number of amides is 1. The first-order valence-electron chi connectivity index (χ1n) is 5.87. The fourth-order valence-electron chi connectivity index (χ4n) is 2.00. The first-order chi connectivity index (χ1) is 9.37. The van der Waals surface area contributed by atoms with Crippen molar-refractivity contribution < 1.29 is 13.2 Å². The van der Waals surface area contributed by atoms with Crippen molar-refractivity contribution in [3.05, 3.63) is 28.8 Å². The zero-order valence-corrected chi connectivity index (χ0v) is 12.2. The summed E-state index contributed by atoms with van der Waals surface area (Å²) in [4.78, 5) is 11.5. The van der Waals surface area contributed by atoms with Crippen LogP contribution >= 0.6 is 11.6 Å². The third-order valence-corrected chi connectivity index (χ3v) is 5.54. The lowest BCUT2D eigenvalue weighted by Gasteiger charge is -2.31. The van der Waals surface area contributed by atoms with E-state index in [4.69, 9.17) is 16.9 Å². The van der Waals surface area contributed by atoms with Crippen molar-refractivity contribution >= 4 is 27.5 Å². The zero-order valence-electron chi connectivity index (χ0n) is 10.6. The largest absolute Gasteiger partial charge is 0.353 e. The van der Waals surface area contributed by atoms with E-state index in [0.29, 0.717) is 0 Å². The smallest absolute Gasteiger partial charge is 0.245 e. The van der Waals surface area contributed by atoms with E-state index in [9.17, 15) is 13.2 Å². The van der Waals surface area contributed by atoms with Gasteiger partial charge in [0.1, 0.15) is 10.9 Å². The average molecular weight is 314 g/mol. The Morgan fingerprint density at radius 3 is 2.80 bits per heavy atom. The van der Waals surface area contributed by atoms with E-state index in [-0.39, 0.29) is 34.5 Å². The molecule has 0 radical (unpaired) electrons. The predicted octanol–water partition coefficient (Wildman–Crippen LogP) is 0.721. The van der Waals surface area contributed by atoms with Crippen LogP contribution in [0.4, 0.5) is 0 Å². The molecule has 0 saturated carbocycles. The molecule has 0 aliphatic carbocycles. The molecule has 1 saturated heterocycles. The lowest BCUT2D eigenvalue weighted by molar-refractivity contribution is -0.126. The van der Waals surface area contributed by atoms with Gasteiger partial charge in [0.2, 0.25) is 15.9 Å². The lowest BCUT2D eigenvalue weighted by Crippen LogP contribution is -2.55. The Kier molecular flexibility index (Phi) is 3.99. The number of halogens is 1. The molecule has 20 heavy (non-hydrogen) atoms. The van der Waals surface area contributed by atoms with Gasteiger partial charge >= 0.3 is 0 Å². The summed E-state index contributed by atoms with van der Waals surface area (Å²) in [5.74, 6) is -0.343. The summed E-state index contributed by atoms with van der Waals surface area (Å²) in [6, 6.07) is 5.06. The van der Waals surface area contributed by atoms with Gasteiger partial charge in [0.15, 0.2) is 0 Å². The molecule has 0 bridgehead atoms. The summed E-state index contributed by atoms with van der Waals surface area (Å²) in [7, 11) is -3.87. The summed E-state index contributed by atoms with van der Waals surface area (Å²) in [6.07, 6.45) is 0. The van der Waals surface area contributed by atoms with Crippen LogP contribution in [0, 0.1) is 11.3 Å². The van der Waals surface area contributed by atoms with Crippen molar-refractivity contribution in [3.63, 3.8) is 0 Å². The number of carbonyl (C=O) groups excluding carboxylic acids is 1. The number of nitriles is 1. The van der Waals surface area contributed by atoms with E-state index in [0.717, 1.165) is 4.31 Å². The Labute approximate surface area is 122 Å². The van der Waals surface area contributed by atoms with Gasteiger partial charge in [-0.05, 0) is 25.1 Å². The number of piperazine rings is 1. The molecule has 1 N–H and O–H groups in total. The van der Waals surface area contributed by atoms with Gasteiger partial charge in [0.25, 0.3) is 0 Å². The number of rotatable bonds is 2. The van der Waals surface area contributed by atoms with Crippen molar-refractivity contribution in [3.8, 4) is 6.07 Å². The molecular formula is C12H12ClN3O3S. The summed E-state index contributed by atoms with van der Waals surface area (Å²) < 4.78 is 26.2.